The summed E-state index contributed by atoms with van der Waals surface area (Å²) in [6, 6.07) is 13.1. The summed E-state index contributed by atoms with van der Waals surface area (Å²) < 4.78 is 15.9. The molecule has 2 aromatic carbocycles. The molecule has 7 heteroatoms. The molecule has 1 amide bonds. The van der Waals surface area contributed by atoms with Crippen molar-refractivity contribution in [2.75, 3.05) is 25.7 Å². The highest BCUT2D eigenvalue weighted by Crippen LogP contribution is 2.33. The van der Waals surface area contributed by atoms with Gasteiger partial charge in [-0.15, -0.1) is 0 Å². The zero-order chi connectivity index (χ0) is 19.7. The van der Waals surface area contributed by atoms with Crippen LogP contribution in [0.5, 0.6) is 11.5 Å². The molecule has 0 saturated carbocycles. The van der Waals surface area contributed by atoms with E-state index in [0.29, 0.717) is 24.7 Å². The monoisotopic (exact) mass is 379 g/mol. The van der Waals surface area contributed by atoms with Gasteiger partial charge >= 0.3 is 0 Å². The van der Waals surface area contributed by atoms with Gasteiger partial charge < -0.3 is 18.9 Å². The maximum atomic E-state index is 12.5. The summed E-state index contributed by atoms with van der Waals surface area (Å²) in [6.45, 7) is 2.48. The van der Waals surface area contributed by atoms with Crippen LogP contribution in [-0.4, -0.2) is 36.8 Å². The first kappa shape index (κ1) is 18.0. The van der Waals surface area contributed by atoms with Crippen molar-refractivity contribution in [3.8, 4) is 23.0 Å². The second-order valence-electron chi connectivity index (χ2n) is 6.74. The van der Waals surface area contributed by atoms with Gasteiger partial charge in [-0.2, -0.15) is 4.98 Å². The first-order chi connectivity index (χ1) is 13.6. The molecule has 1 fully saturated rings. The van der Waals surface area contributed by atoms with Crippen LogP contribution in [0.2, 0.25) is 0 Å². The molecule has 1 atom stereocenters. The molecule has 7 nitrogen and oxygen atoms in total. The fraction of sp³-hybridized carbons (Fsp3) is 0.286. The standard InChI is InChI=1S/C21H21N3O4/c1-13-10-17(27-3)8-9-18(13)21-22-20(23-28-21)14-11-19(25)24(12-14)15-4-6-16(26-2)7-5-15/h4-10,14H,11-12H2,1-3H3/t14-/m1/s1. The van der Waals surface area contributed by atoms with E-state index >= 15 is 0 Å². The Kier molecular flexibility index (Phi) is 4.73. The molecule has 0 spiro atoms. The first-order valence-corrected chi connectivity index (χ1v) is 9.02. The zero-order valence-electron chi connectivity index (χ0n) is 16.0. The van der Waals surface area contributed by atoms with E-state index in [4.69, 9.17) is 14.0 Å². The van der Waals surface area contributed by atoms with Gasteiger partial charge in [0.05, 0.1) is 14.2 Å². The van der Waals surface area contributed by atoms with Gasteiger partial charge in [0.1, 0.15) is 11.5 Å². The number of aromatic nitrogens is 2. The Balaban J connectivity index is 1.53. The number of benzene rings is 2. The molecule has 28 heavy (non-hydrogen) atoms. The lowest BCUT2D eigenvalue weighted by molar-refractivity contribution is -0.117. The molecule has 1 saturated heterocycles. The van der Waals surface area contributed by atoms with E-state index in [1.165, 1.54) is 0 Å². The predicted octanol–water partition coefficient (Wildman–Crippen LogP) is 3.58. The topological polar surface area (TPSA) is 77.7 Å². The van der Waals surface area contributed by atoms with Gasteiger partial charge in [0.25, 0.3) is 5.89 Å². The van der Waals surface area contributed by atoms with E-state index in [-0.39, 0.29) is 11.8 Å². The maximum Gasteiger partial charge on any atom is 0.258 e. The summed E-state index contributed by atoms with van der Waals surface area (Å²) in [4.78, 5) is 18.8. The largest absolute Gasteiger partial charge is 0.497 e. The van der Waals surface area contributed by atoms with Gasteiger partial charge in [0, 0.05) is 30.1 Å². The molecule has 0 N–H and O–H groups in total. The lowest BCUT2D eigenvalue weighted by Crippen LogP contribution is -2.24. The second kappa shape index (κ2) is 7.34. The Bertz CT molecular complexity index is 997. The average Bonchev–Trinajstić information content (AvgIpc) is 3.35. The van der Waals surface area contributed by atoms with Crippen LogP contribution in [0.1, 0.15) is 23.7 Å². The van der Waals surface area contributed by atoms with E-state index in [1.54, 1.807) is 19.1 Å². The molecule has 1 aliphatic rings. The van der Waals surface area contributed by atoms with E-state index in [0.717, 1.165) is 28.3 Å². The Labute approximate surface area is 162 Å². The lowest BCUT2D eigenvalue weighted by Gasteiger charge is -2.16. The Morgan fingerprint density at radius 2 is 1.79 bits per heavy atom. The molecule has 0 radical (unpaired) electrons. The van der Waals surface area contributed by atoms with Gasteiger partial charge in [-0.25, -0.2) is 0 Å². The van der Waals surface area contributed by atoms with Gasteiger partial charge in [0.15, 0.2) is 5.82 Å². The van der Waals surface area contributed by atoms with Crippen LogP contribution in [0.15, 0.2) is 47.0 Å². The summed E-state index contributed by atoms with van der Waals surface area (Å²) in [5.74, 6) is 2.47. The molecule has 0 unspecified atom stereocenters. The number of carbonyl (C=O) groups excluding carboxylic acids is 1. The van der Waals surface area contributed by atoms with Gasteiger partial charge in [-0.3, -0.25) is 4.79 Å². The Morgan fingerprint density at radius 1 is 1.07 bits per heavy atom. The summed E-state index contributed by atoms with van der Waals surface area (Å²) in [6.07, 6.45) is 0.354. The minimum atomic E-state index is -0.106. The molecule has 3 aromatic rings. The number of carbonyl (C=O) groups is 1. The first-order valence-electron chi connectivity index (χ1n) is 9.02. The van der Waals surface area contributed by atoms with Gasteiger partial charge in [-0.1, -0.05) is 5.16 Å². The van der Waals surface area contributed by atoms with Crippen molar-refractivity contribution in [2.45, 2.75) is 19.3 Å². The normalized spacial score (nSPS) is 16.5. The summed E-state index contributed by atoms with van der Waals surface area (Å²) in [7, 11) is 3.25. The van der Waals surface area contributed by atoms with Crippen LogP contribution in [0, 0.1) is 6.92 Å². The van der Waals surface area contributed by atoms with Crippen molar-refractivity contribution in [1.82, 2.24) is 10.1 Å². The Morgan fingerprint density at radius 3 is 2.46 bits per heavy atom. The fourth-order valence-corrected chi connectivity index (χ4v) is 3.41. The van der Waals surface area contributed by atoms with Crippen LogP contribution in [0.3, 0.4) is 0 Å². The second-order valence-corrected chi connectivity index (χ2v) is 6.74. The van der Waals surface area contributed by atoms with Crippen molar-refractivity contribution in [3.05, 3.63) is 53.9 Å². The van der Waals surface area contributed by atoms with Crippen LogP contribution >= 0.6 is 0 Å². The summed E-state index contributed by atoms with van der Waals surface area (Å²) in [5.41, 5.74) is 2.68. The number of aryl methyl sites for hydroxylation is 1. The van der Waals surface area contributed by atoms with E-state index < -0.39 is 0 Å². The smallest absolute Gasteiger partial charge is 0.258 e. The van der Waals surface area contributed by atoms with Gasteiger partial charge in [-0.05, 0) is 55.0 Å². The van der Waals surface area contributed by atoms with Crippen LogP contribution in [0.25, 0.3) is 11.5 Å². The summed E-state index contributed by atoms with van der Waals surface area (Å²) >= 11 is 0. The van der Waals surface area contributed by atoms with Crippen molar-refractivity contribution in [3.63, 3.8) is 0 Å². The molecule has 144 valence electrons. The summed E-state index contributed by atoms with van der Waals surface area (Å²) in [5, 5.41) is 4.13. The number of anilines is 1. The van der Waals surface area contributed by atoms with Crippen molar-refractivity contribution in [2.24, 2.45) is 0 Å². The fourth-order valence-electron chi connectivity index (χ4n) is 3.41. The zero-order valence-corrected chi connectivity index (χ0v) is 16.0. The van der Waals surface area contributed by atoms with Crippen molar-refractivity contribution in [1.29, 1.82) is 0 Å². The third-order valence-corrected chi connectivity index (χ3v) is 4.98. The molecule has 1 aliphatic heterocycles. The minimum absolute atomic E-state index is 0.0437. The maximum absolute atomic E-state index is 12.5. The number of hydrogen-bond donors (Lipinski definition) is 0. The third-order valence-electron chi connectivity index (χ3n) is 4.98. The number of ether oxygens (including phenoxy) is 2. The number of hydrogen-bond acceptors (Lipinski definition) is 6. The highest BCUT2D eigenvalue weighted by atomic mass is 16.5. The minimum Gasteiger partial charge on any atom is -0.497 e. The number of rotatable bonds is 5. The van der Waals surface area contributed by atoms with Crippen LogP contribution in [-0.2, 0) is 4.79 Å². The van der Waals surface area contributed by atoms with Gasteiger partial charge in [0.2, 0.25) is 5.91 Å². The van der Waals surface area contributed by atoms with Crippen molar-refractivity contribution >= 4 is 11.6 Å². The SMILES string of the molecule is COc1ccc(N2C[C@H](c3noc(-c4ccc(OC)cc4C)n3)CC2=O)cc1. The highest BCUT2D eigenvalue weighted by Gasteiger charge is 2.34. The number of amides is 1. The van der Waals surface area contributed by atoms with E-state index in [9.17, 15) is 4.79 Å². The van der Waals surface area contributed by atoms with E-state index in [1.807, 2.05) is 49.4 Å². The molecular weight excluding hydrogens is 358 g/mol. The third kappa shape index (κ3) is 3.31. The van der Waals surface area contributed by atoms with Crippen molar-refractivity contribution < 1.29 is 18.8 Å². The van der Waals surface area contributed by atoms with E-state index in [2.05, 4.69) is 10.1 Å². The Hall–Kier alpha value is -3.35. The quantitative estimate of drug-likeness (QED) is 0.674. The molecule has 2 heterocycles. The molecule has 1 aromatic heterocycles. The highest BCUT2D eigenvalue weighted by molar-refractivity contribution is 5.96. The molecule has 0 bridgehead atoms. The predicted molar refractivity (Wildman–Crippen MR) is 104 cm³/mol. The number of methoxy groups -OCH3 is 2. The lowest BCUT2D eigenvalue weighted by atomic mass is 10.1. The molecular formula is C21H21N3O4. The van der Waals surface area contributed by atoms with Crippen LogP contribution in [0.4, 0.5) is 5.69 Å². The molecule has 0 aliphatic carbocycles. The average molecular weight is 379 g/mol. The van der Waals surface area contributed by atoms with Crippen LogP contribution < -0.4 is 14.4 Å². The number of nitrogens with zero attached hydrogens (tertiary/aromatic N) is 3. The molecule has 4 rings (SSSR count).